The molecule has 0 spiro atoms. The molecular formula is C22H21FN6. The molecule has 7 heteroatoms. The van der Waals surface area contributed by atoms with Crippen molar-refractivity contribution in [1.82, 2.24) is 24.7 Å². The van der Waals surface area contributed by atoms with Gasteiger partial charge in [0, 0.05) is 18.0 Å². The first kappa shape index (κ1) is 17.8. The Bertz CT molecular complexity index is 1160. The van der Waals surface area contributed by atoms with Crippen molar-refractivity contribution in [1.29, 1.82) is 0 Å². The van der Waals surface area contributed by atoms with Gasteiger partial charge in [0.25, 0.3) is 0 Å². The molecule has 6 nitrogen and oxygen atoms in total. The van der Waals surface area contributed by atoms with Gasteiger partial charge < -0.3 is 11.1 Å². The number of halogens is 1. The van der Waals surface area contributed by atoms with Crippen molar-refractivity contribution < 1.29 is 4.39 Å². The van der Waals surface area contributed by atoms with Crippen LogP contribution in [0.15, 0.2) is 54.9 Å². The van der Waals surface area contributed by atoms with Gasteiger partial charge in [0.15, 0.2) is 0 Å². The monoisotopic (exact) mass is 388 g/mol. The van der Waals surface area contributed by atoms with Crippen LogP contribution < -0.4 is 11.1 Å². The van der Waals surface area contributed by atoms with Crippen LogP contribution in [0.2, 0.25) is 0 Å². The minimum absolute atomic E-state index is 0.203. The number of nitrogens with one attached hydrogen (secondary N) is 1. The number of rotatable bonds is 3. The Morgan fingerprint density at radius 3 is 2.59 bits per heavy atom. The lowest BCUT2D eigenvalue weighted by molar-refractivity contribution is 0.460. The summed E-state index contributed by atoms with van der Waals surface area (Å²) in [5.74, 6) is 0.456. The summed E-state index contributed by atoms with van der Waals surface area (Å²) >= 11 is 0. The molecule has 0 amide bonds. The zero-order valence-corrected chi connectivity index (χ0v) is 15.8. The Labute approximate surface area is 167 Å². The second kappa shape index (κ2) is 7.25. The van der Waals surface area contributed by atoms with Crippen LogP contribution in [-0.4, -0.2) is 32.4 Å². The van der Waals surface area contributed by atoms with Gasteiger partial charge in [0.05, 0.1) is 17.1 Å². The minimum Gasteiger partial charge on any atom is -0.368 e. The maximum absolute atomic E-state index is 13.5. The van der Waals surface area contributed by atoms with Gasteiger partial charge in [-0.05, 0) is 79.9 Å². The summed E-state index contributed by atoms with van der Waals surface area (Å²) in [6, 6.07) is 12.5. The second-order valence-electron chi connectivity index (χ2n) is 7.33. The molecule has 29 heavy (non-hydrogen) atoms. The summed E-state index contributed by atoms with van der Waals surface area (Å²) in [5, 5.41) is 3.41. The molecule has 1 aliphatic heterocycles. The average Bonchev–Trinajstić information content (AvgIpc) is 3.13. The molecule has 1 aliphatic rings. The fraction of sp³-hybridized carbons (Fsp3) is 0.227. The number of nitrogens with zero attached hydrogens (tertiary/aromatic N) is 4. The van der Waals surface area contributed by atoms with Gasteiger partial charge in [-0.2, -0.15) is 0 Å². The smallest absolute Gasteiger partial charge is 0.220 e. The summed E-state index contributed by atoms with van der Waals surface area (Å²) in [6.07, 6.45) is 5.92. The number of anilines is 1. The predicted molar refractivity (Wildman–Crippen MR) is 111 cm³/mol. The van der Waals surface area contributed by atoms with Crippen LogP contribution in [0, 0.1) is 5.82 Å². The minimum atomic E-state index is -0.279. The van der Waals surface area contributed by atoms with Crippen molar-refractivity contribution >= 4 is 11.6 Å². The van der Waals surface area contributed by atoms with E-state index in [2.05, 4.69) is 27.4 Å². The van der Waals surface area contributed by atoms with Gasteiger partial charge in [-0.1, -0.05) is 0 Å². The fourth-order valence-electron chi connectivity index (χ4n) is 4.03. The van der Waals surface area contributed by atoms with E-state index >= 15 is 0 Å². The third kappa shape index (κ3) is 3.34. The fourth-order valence-corrected chi connectivity index (χ4v) is 4.03. The highest BCUT2D eigenvalue weighted by Gasteiger charge is 2.20. The van der Waals surface area contributed by atoms with Crippen molar-refractivity contribution in [2.75, 3.05) is 18.8 Å². The first-order valence-electron chi connectivity index (χ1n) is 9.76. The van der Waals surface area contributed by atoms with Gasteiger partial charge in [0.2, 0.25) is 5.95 Å². The van der Waals surface area contributed by atoms with E-state index in [0.717, 1.165) is 48.5 Å². The molecule has 1 saturated heterocycles. The largest absolute Gasteiger partial charge is 0.368 e. The number of benzene rings is 1. The number of piperidine rings is 1. The first-order chi connectivity index (χ1) is 14.2. The number of hydrogen-bond donors (Lipinski definition) is 2. The molecule has 4 heterocycles. The van der Waals surface area contributed by atoms with Gasteiger partial charge in [-0.25, -0.2) is 19.3 Å². The van der Waals surface area contributed by atoms with Gasteiger partial charge in [0.1, 0.15) is 11.5 Å². The maximum atomic E-state index is 13.5. The van der Waals surface area contributed by atoms with E-state index in [1.54, 1.807) is 18.3 Å². The van der Waals surface area contributed by atoms with Crippen LogP contribution in [0.5, 0.6) is 0 Å². The highest BCUT2D eigenvalue weighted by atomic mass is 19.1. The number of pyridine rings is 1. The molecule has 0 aliphatic carbocycles. The molecule has 3 N–H and O–H groups in total. The van der Waals surface area contributed by atoms with Crippen molar-refractivity contribution in [3.8, 4) is 22.6 Å². The van der Waals surface area contributed by atoms with Crippen LogP contribution in [-0.2, 0) is 0 Å². The Morgan fingerprint density at radius 2 is 1.83 bits per heavy atom. The second-order valence-corrected chi connectivity index (χ2v) is 7.33. The van der Waals surface area contributed by atoms with E-state index in [1.165, 1.54) is 17.7 Å². The van der Waals surface area contributed by atoms with E-state index in [1.807, 2.05) is 16.7 Å². The van der Waals surface area contributed by atoms with E-state index in [0.29, 0.717) is 11.6 Å². The third-order valence-electron chi connectivity index (χ3n) is 5.50. The van der Waals surface area contributed by atoms with Gasteiger partial charge >= 0.3 is 0 Å². The quantitative estimate of drug-likeness (QED) is 0.560. The molecule has 0 radical (unpaired) electrons. The highest BCUT2D eigenvalue weighted by molar-refractivity contribution is 5.80. The van der Waals surface area contributed by atoms with Crippen molar-refractivity contribution in [3.63, 3.8) is 0 Å². The molecule has 5 rings (SSSR count). The first-order valence-corrected chi connectivity index (χ1v) is 9.76. The summed E-state index contributed by atoms with van der Waals surface area (Å²) < 4.78 is 15.5. The van der Waals surface area contributed by atoms with Crippen LogP contribution >= 0.6 is 0 Å². The average molecular weight is 388 g/mol. The Kier molecular flexibility index (Phi) is 4.44. The lowest BCUT2D eigenvalue weighted by atomic mass is 9.91. The molecule has 1 aromatic carbocycles. The standard InChI is InChI=1S/C22H21FN6/c23-17-3-1-15(2-4-17)20-21(18-7-11-26-22(24)27-18)29-12-8-16(13-19(29)28-20)14-5-9-25-10-6-14/h1-4,7-8,11-14,25H,5-6,9-10H2,(H2,24,26,27). The summed E-state index contributed by atoms with van der Waals surface area (Å²) in [7, 11) is 0. The number of nitrogens with two attached hydrogens (primary N) is 1. The SMILES string of the molecule is Nc1nccc(-c2c(-c3ccc(F)cc3)nc3cc(C4CCNCC4)ccn23)n1. The zero-order valence-electron chi connectivity index (χ0n) is 15.8. The Hall–Kier alpha value is -3.32. The topological polar surface area (TPSA) is 81.1 Å². The molecule has 0 saturated carbocycles. The van der Waals surface area contributed by atoms with Crippen molar-refractivity contribution in [3.05, 3.63) is 66.2 Å². The van der Waals surface area contributed by atoms with Crippen molar-refractivity contribution in [2.24, 2.45) is 0 Å². The lowest BCUT2D eigenvalue weighted by Gasteiger charge is -2.23. The van der Waals surface area contributed by atoms with E-state index in [4.69, 9.17) is 10.7 Å². The van der Waals surface area contributed by atoms with Crippen molar-refractivity contribution in [2.45, 2.75) is 18.8 Å². The van der Waals surface area contributed by atoms with E-state index in [-0.39, 0.29) is 11.8 Å². The van der Waals surface area contributed by atoms with Crippen LogP contribution in [0.1, 0.15) is 24.3 Å². The molecule has 146 valence electrons. The number of fused-ring (bicyclic) bond motifs is 1. The van der Waals surface area contributed by atoms with Crippen LogP contribution in [0.25, 0.3) is 28.3 Å². The maximum Gasteiger partial charge on any atom is 0.220 e. The van der Waals surface area contributed by atoms with E-state index in [9.17, 15) is 4.39 Å². The summed E-state index contributed by atoms with van der Waals surface area (Å²) in [6.45, 7) is 2.08. The highest BCUT2D eigenvalue weighted by Crippen LogP contribution is 2.34. The molecule has 3 aromatic heterocycles. The zero-order chi connectivity index (χ0) is 19.8. The number of aromatic nitrogens is 4. The molecule has 1 fully saturated rings. The Balaban J connectivity index is 1.70. The van der Waals surface area contributed by atoms with E-state index < -0.39 is 0 Å². The number of nitrogen functional groups attached to an aromatic ring is 1. The molecule has 0 bridgehead atoms. The molecule has 4 aromatic rings. The van der Waals surface area contributed by atoms with Gasteiger partial charge in [-0.3, -0.25) is 4.40 Å². The lowest BCUT2D eigenvalue weighted by Crippen LogP contribution is -2.26. The van der Waals surface area contributed by atoms with Gasteiger partial charge in [-0.15, -0.1) is 0 Å². The Morgan fingerprint density at radius 1 is 1.03 bits per heavy atom. The number of imidazole rings is 1. The summed E-state index contributed by atoms with van der Waals surface area (Å²) in [4.78, 5) is 13.3. The molecule has 0 unspecified atom stereocenters. The predicted octanol–water partition coefficient (Wildman–Crippen LogP) is 3.65. The molecular weight excluding hydrogens is 367 g/mol. The van der Waals surface area contributed by atoms with Crippen LogP contribution in [0.3, 0.4) is 0 Å². The number of hydrogen-bond acceptors (Lipinski definition) is 5. The summed E-state index contributed by atoms with van der Waals surface area (Å²) in [5.41, 5.74) is 11.0. The third-order valence-corrected chi connectivity index (χ3v) is 5.50. The molecule has 0 atom stereocenters. The van der Waals surface area contributed by atoms with Crippen LogP contribution in [0.4, 0.5) is 10.3 Å². The normalized spacial score (nSPS) is 15.1.